The predicted molar refractivity (Wildman–Crippen MR) is 127 cm³/mol. The van der Waals surface area contributed by atoms with Gasteiger partial charge in [-0.05, 0) is 90.9 Å². The minimum Gasteiger partial charge on any atom is -0.0801 e. The van der Waals surface area contributed by atoms with Crippen LogP contribution in [0.5, 0.6) is 0 Å². The van der Waals surface area contributed by atoms with Gasteiger partial charge in [0.1, 0.15) is 0 Å². The van der Waals surface area contributed by atoms with Crippen molar-refractivity contribution in [2.75, 3.05) is 0 Å². The molecule has 4 rings (SSSR count). The highest BCUT2D eigenvalue weighted by molar-refractivity contribution is 5.41. The van der Waals surface area contributed by atoms with Crippen molar-refractivity contribution in [2.45, 2.75) is 92.9 Å². The molecule has 0 aliphatic heterocycles. The molecule has 0 amide bonds. The summed E-state index contributed by atoms with van der Waals surface area (Å²) in [6.45, 7) is 15.1. The Kier molecular flexibility index (Phi) is 5.95. The molecule has 4 aliphatic carbocycles. The average molecular weight is 395 g/mol. The van der Waals surface area contributed by atoms with E-state index in [2.05, 4.69) is 71.9 Å². The third-order valence-electron chi connectivity index (χ3n) is 10.5. The average Bonchev–Trinajstić information content (AvgIpc) is 3.05. The van der Waals surface area contributed by atoms with E-state index in [0.717, 1.165) is 41.4 Å². The quantitative estimate of drug-likeness (QED) is 0.423. The Morgan fingerprint density at radius 3 is 2.52 bits per heavy atom. The van der Waals surface area contributed by atoms with Crippen molar-refractivity contribution in [1.82, 2.24) is 0 Å². The van der Waals surface area contributed by atoms with E-state index >= 15 is 0 Å². The lowest BCUT2D eigenvalue weighted by Gasteiger charge is -2.56. The number of fused-ring (bicyclic) bond motifs is 5. The van der Waals surface area contributed by atoms with Crippen LogP contribution in [-0.2, 0) is 0 Å². The first kappa shape index (κ1) is 21.5. The molecule has 0 aromatic rings. The van der Waals surface area contributed by atoms with E-state index in [0.29, 0.717) is 10.8 Å². The van der Waals surface area contributed by atoms with Crippen molar-refractivity contribution in [3.63, 3.8) is 0 Å². The van der Waals surface area contributed by atoms with Crippen LogP contribution >= 0.6 is 0 Å². The SMILES string of the molecule is CCC(CCC(C)C1CCC2C3CC=C4C=CC=CC4(C)C3CCC12C)C(C)C. The molecule has 8 atom stereocenters. The first-order chi connectivity index (χ1) is 13.8. The molecule has 4 aliphatic rings. The van der Waals surface area contributed by atoms with Crippen LogP contribution in [-0.4, -0.2) is 0 Å². The number of hydrogen-bond donors (Lipinski definition) is 0. The van der Waals surface area contributed by atoms with Gasteiger partial charge in [0.2, 0.25) is 0 Å². The molecule has 0 aromatic heterocycles. The number of hydrogen-bond acceptors (Lipinski definition) is 0. The highest BCUT2D eigenvalue weighted by Crippen LogP contribution is 2.66. The monoisotopic (exact) mass is 394 g/mol. The van der Waals surface area contributed by atoms with Crippen molar-refractivity contribution in [3.8, 4) is 0 Å². The molecule has 2 fully saturated rings. The van der Waals surface area contributed by atoms with Crippen molar-refractivity contribution < 1.29 is 0 Å². The maximum absolute atomic E-state index is 2.71. The standard InChI is InChI=1S/C29H46/c1-7-22(20(2)3)12-11-21(4)25-15-16-26-24-14-13-23-10-8-9-18-28(23,5)27(24)17-19-29(25,26)6/h8-10,13,18,20-22,24-27H,7,11-12,14-17,19H2,1-6H3. The second-order valence-electron chi connectivity index (χ2n) is 12.0. The Balaban J connectivity index is 1.49. The fourth-order valence-electron chi connectivity index (χ4n) is 8.60. The maximum Gasteiger partial charge on any atom is 0.0135 e. The van der Waals surface area contributed by atoms with Crippen LogP contribution in [0.4, 0.5) is 0 Å². The summed E-state index contributed by atoms with van der Waals surface area (Å²) >= 11 is 0. The van der Waals surface area contributed by atoms with Crippen LogP contribution < -0.4 is 0 Å². The normalized spacial score (nSPS) is 42.8. The topological polar surface area (TPSA) is 0 Å². The van der Waals surface area contributed by atoms with Gasteiger partial charge in [-0.3, -0.25) is 0 Å². The summed E-state index contributed by atoms with van der Waals surface area (Å²) in [5, 5.41) is 0. The lowest BCUT2D eigenvalue weighted by Crippen LogP contribution is -2.49. The molecule has 8 unspecified atom stereocenters. The molecule has 0 aromatic carbocycles. The summed E-state index contributed by atoms with van der Waals surface area (Å²) in [6, 6.07) is 0. The van der Waals surface area contributed by atoms with Crippen LogP contribution in [0, 0.1) is 52.3 Å². The summed E-state index contributed by atoms with van der Waals surface area (Å²) in [7, 11) is 0. The molecule has 0 nitrogen and oxygen atoms in total. The van der Waals surface area contributed by atoms with Gasteiger partial charge in [0.25, 0.3) is 0 Å². The Morgan fingerprint density at radius 2 is 1.79 bits per heavy atom. The minimum absolute atomic E-state index is 0.300. The molecule has 0 spiro atoms. The molecule has 29 heavy (non-hydrogen) atoms. The largest absolute Gasteiger partial charge is 0.0801 e. The molecule has 0 heteroatoms. The Labute approximate surface area is 181 Å². The lowest BCUT2D eigenvalue weighted by atomic mass is 9.48. The van der Waals surface area contributed by atoms with Gasteiger partial charge in [-0.15, -0.1) is 0 Å². The van der Waals surface area contributed by atoms with E-state index in [1.807, 2.05) is 0 Å². The minimum atomic E-state index is 0.300. The maximum atomic E-state index is 2.71. The number of rotatable bonds is 6. The van der Waals surface area contributed by atoms with Crippen molar-refractivity contribution in [1.29, 1.82) is 0 Å². The summed E-state index contributed by atoms with van der Waals surface area (Å²) in [6.07, 6.45) is 23.6. The Hall–Kier alpha value is -0.780. The van der Waals surface area contributed by atoms with E-state index in [1.54, 1.807) is 5.57 Å². The predicted octanol–water partition coefficient (Wildman–Crippen LogP) is 8.61. The van der Waals surface area contributed by atoms with Crippen molar-refractivity contribution in [3.05, 3.63) is 36.0 Å². The van der Waals surface area contributed by atoms with Gasteiger partial charge in [-0.2, -0.15) is 0 Å². The molecule has 162 valence electrons. The second-order valence-corrected chi connectivity index (χ2v) is 12.0. The Morgan fingerprint density at radius 1 is 1.00 bits per heavy atom. The van der Waals surface area contributed by atoms with E-state index in [-0.39, 0.29) is 0 Å². The summed E-state index contributed by atoms with van der Waals surface area (Å²) in [4.78, 5) is 0. The van der Waals surface area contributed by atoms with E-state index in [1.165, 1.54) is 51.4 Å². The Bertz CT molecular complexity index is 678. The highest BCUT2D eigenvalue weighted by Gasteiger charge is 2.58. The lowest BCUT2D eigenvalue weighted by molar-refractivity contribution is -0.0323. The van der Waals surface area contributed by atoms with Gasteiger partial charge in [0, 0.05) is 5.41 Å². The van der Waals surface area contributed by atoms with Crippen LogP contribution in [0.2, 0.25) is 0 Å². The zero-order valence-electron chi connectivity index (χ0n) is 20.1. The van der Waals surface area contributed by atoms with Gasteiger partial charge in [-0.1, -0.05) is 84.8 Å². The van der Waals surface area contributed by atoms with Crippen LogP contribution in [0.3, 0.4) is 0 Å². The zero-order chi connectivity index (χ0) is 20.8. The van der Waals surface area contributed by atoms with Gasteiger partial charge in [0.05, 0.1) is 0 Å². The summed E-state index contributed by atoms with van der Waals surface area (Å²) in [5.41, 5.74) is 2.50. The number of allylic oxidation sites excluding steroid dienone is 6. The van der Waals surface area contributed by atoms with E-state index < -0.39 is 0 Å². The third-order valence-corrected chi connectivity index (χ3v) is 10.5. The molecule has 0 bridgehead atoms. The van der Waals surface area contributed by atoms with Crippen molar-refractivity contribution >= 4 is 0 Å². The first-order valence-corrected chi connectivity index (χ1v) is 12.9. The van der Waals surface area contributed by atoms with Crippen LogP contribution in [0.25, 0.3) is 0 Å². The van der Waals surface area contributed by atoms with Crippen LogP contribution in [0.1, 0.15) is 92.9 Å². The van der Waals surface area contributed by atoms with Gasteiger partial charge in [-0.25, -0.2) is 0 Å². The van der Waals surface area contributed by atoms with E-state index in [9.17, 15) is 0 Å². The van der Waals surface area contributed by atoms with Crippen molar-refractivity contribution in [2.24, 2.45) is 52.3 Å². The summed E-state index contributed by atoms with van der Waals surface area (Å²) < 4.78 is 0. The molecular weight excluding hydrogens is 348 g/mol. The molecule has 0 radical (unpaired) electrons. The molecule has 0 heterocycles. The zero-order valence-corrected chi connectivity index (χ0v) is 20.1. The third kappa shape index (κ3) is 3.51. The molecular formula is C29H46. The fourth-order valence-corrected chi connectivity index (χ4v) is 8.60. The smallest absolute Gasteiger partial charge is 0.0135 e. The molecule has 2 saturated carbocycles. The highest BCUT2D eigenvalue weighted by atomic mass is 14.6. The van der Waals surface area contributed by atoms with E-state index in [4.69, 9.17) is 0 Å². The first-order valence-electron chi connectivity index (χ1n) is 12.9. The van der Waals surface area contributed by atoms with Gasteiger partial charge < -0.3 is 0 Å². The van der Waals surface area contributed by atoms with Crippen LogP contribution in [0.15, 0.2) is 36.0 Å². The fraction of sp³-hybridized carbons (Fsp3) is 0.793. The molecule has 0 saturated heterocycles. The van der Waals surface area contributed by atoms with Gasteiger partial charge in [0.15, 0.2) is 0 Å². The summed E-state index contributed by atoms with van der Waals surface area (Å²) in [5.74, 6) is 6.35. The molecule has 0 N–H and O–H groups in total. The van der Waals surface area contributed by atoms with Gasteiger partial charge >= 0.3 is 0 Å². The second kappa shape index (κ2) is 8.05.